The van der Waals surface area contributed by atoms with Crippen LogP contribution in [0.3, 0.4) is 0 Å². The van der Waals surface area contributed by atoms with E-state index in [1.165, 1.54) is 16.7 Å². The van der Waals surface area contributed by atoms with Crippen molar-refractivity contribution >= 4 is 17.2 Å². The molecule has 112 valence electrons. The maximum atomic E-state index is 12.0. The van der Waals surface area contributed by atoms with Crippen LogP contribution in [-0.4, -0.2) is 19.6 Å². The molecule has 0 bridgehead atoms. The summed E-state index contributed by atoms with van der Waals surface area (Å²) in [4.78, 5) is 16.4. The van der Waals surface area contributed by atoms with Gasteiger partial charge in [0.25, 0.3) is 5.56 Å². The second kappa shape index (κ2) is 5.73. The van der Waals surface area contributed by atoms with Crippen molar-refractivity contribution in [3.8, 4) is 5.88 Å². The van der Waals surface area contributed by atoms with Crippen LogP contribution in [0.1, 0.15) is 17.0 Å². The van der Waals surface area contributed by atoms with Gasteiger partial charge in [0.05, 0.1) is 16.4 Å². The second-order valence-corrected chi connectivity index (χ2v) is 5.34. The fourth-order valence-corrected chi connectivity index (χ4v) is 2.10. The number of halogens is 1. The Bertz CT molecular complexity index is 908. The average Bonchev–Trinajstić information content (AvgIpc) is 2.49. The molecule has 0 aliphatic rings. The van der Waals surface area contributed by atoms with Gasteiger partial charge in [0.2, 0.25) is 5.88 Å². The van der Waals surface area contributed by atoms with Gasteiger partial charge in [0.1, 0.15) is 12.3 Å². The summed E-state index contributed by atoms with van der Waals surface area (Å²) in [5.74, 6) is 0.404. The molecular formula is C15H13ClN4O2. The summed E-state index contributed by atoms with van der Waals surface area (Å²) in [5.41, 5.74) is 2.67. The van der Waals surface area contributed by atoms with Crippen molar-refractivity contribution in [1.82, 2.24) is 19.6 Å². The van der Waals surface area contributed by atoms with Crippen molar-refractivity contribution in [3.05, 3.63) is 62.8 Å². The van der Waals surface area contributed by atoms with E-state index in [-0.39, 0.29) is 12.2 Å². The lowest BCUT2D eigenvalue weighted by Gasteiger charge is -2.07. The molecule has 0 N–H and O–H groups in total. The highest BCUT2D eigenvalue weighted by Gasteiger charge is 2.06. The van der Waals surface area contributed by atoms with Crippen LogP contribution in [0.5, 0.6) is 5.88 Å². The van der Waals surface area contributed by atoms with E-state index in [1.54, 1.807) is 18.2 Å². The third kappa shape index (κ3) is 2.92. The van der Waals surface area contributed by atoms with E-state index in [0.29, 0.717) is 22.2 Å². The standard InChI is InChI=1S/C15H13ClN4O2/c1-9-5-14(19-18-10(9)2)22-8-12-6-15(21)20-7-11(16)3-4-13(20)17-12/h3-7H,8H2,1-2H3. The van der Waals surface area contributed by atoms with Gasteiger partial charge in [-0.25, -0.2) is 4.98 Å². The molecule has 0 atom stereocenters. The molecule has 3 rings (SSSR count). The van der Waals surface area contributed by atoms with Crippen LogP contribution in [0.2, 0.25) is 5.02 Å². The summed E-state index contributed by atoms with van der Waals surface area (Å²) >= 11 is 5.87. The lowest BCUT2D eigenvalue weighted by Crippen LogP contribution is -2.16. The average molecular weight is 317 g/mol. The summed E-state index contributed by atoms with van der Waals surface area (Å²) in [6.45, 7) is 3.95. The summed E-state index contributed by atoms with van der Waals surface area (Å²) < 4.78 is 6.94. The molecule has 0 saturated carbocycles. The van der Waals surface area contributed by atoms with Gasteiger partial charge < -0.3 is 4.74 Å². The van der Waals surface area contributed by atoms with Gasteiger partial charge in [0.15, 0.2) is 0 Å². The molecule has 22 heavy (non-hydrogen) atoms. The van der Waals surface area contributed by atoms with Gasteiger partial charge in [-0.3, -0.25) is 9.20 Å². The Balaban J connectivity index is 1.86. The van der Waals surface area contributed by atoms with Gasteiger partial charge in [-0.15, -0.1) is 5.10 Å². The van der Waals surface area contributed by atoms with E-state index >= 15 is 0 Å². The minimum absolute atomic E-state index is 0.144. The molecule has 0 fully saturated rings. The third-order valence-electron chi connectivity index (χ3n) is 3.25. The summed E-state index contributed by atoms with van der Waals surface area (Å²) in [6, 6.07) is 6.58. The lowest BCUT2D eigenvalue weighted by molar-refractivity contribution is 0.285. The molecule has 0 aliphatic heterocycles. The monoisotopic (exact) mass is 316 g/mol. The first-order valence-corrected chi connectivity index (χ1v) is 7.02. The molecule has 3 heterocycles. The molecule has 0 saturated heterocycles. The largest absolute Gasteiger partial charge is 0.470 e. The Labute approximate surface area is 131 Å². The summed E-state index contributed by atoms with van der Waals surface area (Å²) in [5, 5.41) is 8.42. The maximum absolute atomic E-state index is 12.0. The molecule has 0 spiro atoms. The van der Waals surface area contributed by atoms with Gasteiger partial charge >= 0.3 is 0 Å². The Kier molecular flexibility index (Phi) is 3.77. The van der Waals surface area contributed by atoms with Gasteiger partial charge in [-0.2, -0.15) is 5.10 Å². The lowest BCUT2D eigenvalue weighted by atomic mass is 10.2. The first-order chi connectivity index (χ1) is 10.5. The van der Waals surface area contributed by atoms with E-state index in [1.807, 2.05) is 13.8 Å². The van der Waals surface area contributed by atoms with Crippen LogP contribution in [0.15, 0.2) is 35.3 Å². The third-order valence-corrected chi connectivity index (χ3v) is 3.48. The van der Waals surface area contributed by atoms with Crippen LogP contribution in [0.4, 0.5) is 0 Å². The molecule has 3 aromatic rings. The molecule has 0 radical (unpaired) electrons. The first-order valence-electron chi connectivity index (χ1n) is 6.64. The Hall–Kier alpha value is -2.47. The van der Waals surface area contributed by atoms with E-state index in [9.17, 15) is 4.79 Å². The molecule has 3 aromatic heterocycles. The SMILES string of the molecule is Cc1cc(OCc2cc(=O)n3cc(Cl)ccc3n2)nnc1C. The van der Waals surface area contributed by atoms with E-state index in [0.717, 1.165) is 11.3 Å². The van der Waals surface area contributed by atoms with Gasteiger partial charge in [-0.1, -0.05) is 11.6 Å². The number of fused-ring (bicyclic) bond motifs is 1. The number of pyridine rings is 1. The molecule has 7 heteroatoms. The molecule has 0 amide bonds. The van der Waals surface area contributed by atoms with E-state index in [4.69, 9.17) is 16.3 Å². The van der Waals surface area contributed by atoms with Crippen molar-refractivity contribution in [2.75, 3.05) is 0 Å². The zero-order valence-corrected chi connectivity index (χ0v) is 12.8. The highest BCUT2D eigenvalue weighted by molar-refractivity contribution is 6.30. The minimum atomic E-state index is -0.211. The zero-order chi connectivity index (χ0) is 15.7. The van der Waals surface area contributed by atoms with Gasteiger partial charge in [0, 0.05) is 18.3 Å². The molecule has 0 unspecified atom stereocenters. The topological polar surface area (TPSA) is 69.4 Å². The smallest absolute Gasteiger partial charge is 0.258 e. The van der Waals surface area contributed by atoms with Crippen molar-refractivity contribution in [2.45, 2.75) is 20.5 Å². The fraction of sp³-hybridized carbons (Fsp3) is 0.200. The number of nitrogens with zero attached hydrogens (tertiary/aromatic N) is 4. The highest BCUT2D eigenvalue weighted by Crippen LogP contribution is 2.12. The summed E-state index contributed by atoms with van der Waals surface area (Å²) in [7, 11) is 0. The number of ether oxygens (including phenoxy) is 1. The van der Waals surface area contributed by atoms with Crippen LogP contribution in [0, 0.1) is 13.8 Å². The number of rotatable bonds is 3. The van der Waals surface area contributed by atoms with Crippen molar-refractivity contribution in [2.24, 2.45) is 0 Å². The first kappa shape index (κ1) is 14.5. The minimum Gasteiger partial charge on any atom is -0.470 e. The molecule has 0 aliphatic carbocycles. The number of aryl methyl sites for hydroxylation is 2. The van der Waals surface area contributed by atoms with Crippen LogP contribution >= 0.6 is 11.6 Å². The Morgan fingerprint density at radius 3 is 2.82 bits per heavy atom. The maximum Gasteiger partial charge on any atom is 0.258 e. The van der Waals surface area contributed by atoms with E-state index in [2.05, 4.69) is 15.2 Å². The van der Waals surface area contributed by atoms with Crippen molar-refractivity contribution in [3.63, 3.8) is 0 Å². The molecule has 6 nitrogen and oxygen atoms in total. The predicted molar refractivity (Wildman–Crippen MR) is 82.3 cm³/mol. The quantitative estimate of drug-likeness (QED) is 0.741. The van der Waals surface area contributed by atoms with Crippen molar-refractivity contribution < 1.29 is 4.74 Å². The summed E-state index contributed by atoms with van der Waals surface area (Å²) in [6.07, 6.45) is 1.53. The van der Waals surface area contributed by atoms with Crippen LogP contribution < -0.4 is 10.3 Å². The predicted octanol–water partition coefficient (Wildman–Crippen LogP) is 2.33. The second-order valence-electron chi connectivity index (χ2n) is 4.90. The zero-order valence-electron chi connectivity index (χ0n) is 12.1. The van der Waals surface area contributed by atoms with Gasteiger partial charge in [-0.05, 0) is 31.5 Å². The fourth-order valence-electron chi connectivity index (χ4n) is 1.94. The van der Waals surface area contributed by atoms with E-state index < -0.39 is 0 Å². The Morgan fingerprint density at radius 2 is 2.05 bits per heavy atom. The number of aromatic nitrogens is 4. The normalized spacial score (nSPS) is 10.9. The molecular weight excluding hydrogens is 304 g/mol. The van der Waals surface area contributed by atoms with Crippen LogP contribution in [0.25, 0.3) is 5.65 Å². The molecule has 0 aromatic carbocycles. The van der Waals surface area contributed by atoms with Crippen molar-refractivity contribution in [1.29, 1.82) is 0 Å². The van der Waals surface area contributed by atoms with Crippen LogP contribution in [-0.2, 0) is 6.61 Å². The number of hydrogen-bond acceptors (Lipinski definition) is 5. The highest BCUT2D eigenvalue weighted by atomic mass is 35.5. The number of hydrogen-bond donors (Lipinski definition) is 0. The Morgan fingerprint density at radius 1 is 1.23 bits per heavy atom.